The fourth-order valence-corrected chi connectivity index (χ4v) is 3.64. The molecule has 4 rings (SSSR count). The van der Waals surface area contributed by atoms with Crippen molar-refractivity contribution in [3.8, 4) is 11.5 Å². The van der Waals surface area contributed by atoms with Crippen molar-refractivity contribution in [2.45, 2.75) is 19.9 Å². The maximum Gasteiger partial charge on any atom is 0.231 e. The average Bonchev–Trinajstić information content (AvgIpc) is 3.31. The number of ether oxygens (including phenoxy) is 2. The van der Waals surface area contributed by atoms with Crippen LogP contribution in [0, 0.1) is 11.7 Å². The molecule has 0 aliphatic carbocycles. The summed E-state index contributed by atoms with van der Waals surface area (Å²) in [5.41, 5.74) is 1.42. The number of nitrogens with zero attached hydrogens (tertiary/aromatic N) is 2. The second-order valence-corrected chi connectivity index (χ2v) is 6.93. The first-order valence-corrected chi connectivity index (χ1v) is 9.28. The predicted molar refractivity (Wildman–Crippen MR) is 101 cm³/mol. The lowest BCUT2D eigenvalue weighted by molar-refractivity contribution is -0.136. The number of carbonyl (C=O) groups excluding carboxylic acids is 2. The first-order chi connectivity index (χ1) is 13.5. The molecule has 0 radical (unpaired) electrons. The van der Waals surface area contributed by atoms with E-state index in [0.717, 1.165) is 5.56 Å². The molecule has 0 aromatic heterocycles. The van der Waals surface area contributed by atoms with Crippen LogP contribution < -0.4 is 14.4 Å². The van der Waals surface area contributed by atoms with Gasteiger partial charge in [-0.25, -0.2) is 4.39 Å². The van der Waals surface area contributed by atoms with Gasteiger partial charge in [0.25, 0.3) is 0 Å². The van der Waals surface area contributed by atoms with Gasteiger partial charge in [-0.1, -0.05) is 12.1 Å². The Kier molecular flexibility index (Phi) is 4.90. The number of amides is 2. The van der Waals surface area contributed by atoms with Crippen LogP contribution in [0.3, 0.4) is 0 Å². The number of anilines is 1. The maximum atomic E-state index is 13.4. The summed E-state index contributed by atoms with van der Waals surface area (Å²) in [7, 11) is 0. The summed E-state index contributed by atoms with van der Waals surface area (Å²) in [5.74, 6) is 0.302. The minimum atomic E-state index is -0.425. The van der Waals surface area contributed by atoms with Crippen LogP contribution in [0.25, 0.3) is 0 Å². The molecule has 2 amide bonds. The molecule has 1 saturated heterocycles. The second-order valence-electron chi connectivity index (χ2n) is 6.93. The Bertz CT molecular complexity index is 917. The molecule has 0 N–H and O–H groups in total. The lowest BCUT2D eigenvalue weighted by Gasteiger charge is -2.24. The molecule has 2 aliphatic heterocycles. The zero-order valence-electron chi connectivity index (χ0n) is 15.6. The number of carbonyl (C=O) groups is 2. The highest BCUT2D eigenvalue weighted by Crippen LogP contribution is 2.37. The summed E-state index contributed by atoms with van der Waals surface area (Å²) >= 11 is 0. The molecule has 1 fully saturated rings. The molecule has 0 saturated carbocycles. The van der Waals surface area contributed by atoms with Crippen LogP contribution in [0.15, 0.2) is 42.5 Å². The van der Waals surface area contributed by atoms with E-state index in [1.165, 1.54) is 12.1 Å². The third kappa shape index (κ3) is 3.52. The van der Waals surface area contributed by atoms with Gasteiger partial charge >= 0.3 is 0 Å². The van der Waals surface area contributed by atoms with Crippen molar-refractivity contribution in [2.24, 2.45) is 5.92 Å². The summed E-state index contributed by atoms with van der Waals surface area (Å²) in [5, 5.41) is 0. The summed E-state index contributed by atoms with van der Waals surface area (Å²) in [6.45, 7) is 3.17. The van der Waals surface area contributed by atoms with Gasteiger partial charge in [-0.15, -0.1) is 0 Å². The quantitative estimate of drug-likeness (QED) is 0.795. The van der Waals surface area contributed by atoms with E-state index >= 15 is 0 Å². The third-order valence-corrected chi connectivity index (χ3v) is 5.10. The number of halogens is 1. The number of benzene rings is 2. The number of hydrogen-bond donors (Lipinski definition) is 0. The van der Waals surface area contributed by atoms with Gasteiger partial charge in [0.2, 0.25) is 18.6 Å². The van der Waals surface area contributed by atoms with Gasteiger partial charge in [0.05, 0.1) is 5.92 Å². The van der Waals surface area contributed by atoms with Crippen LogP contribution in [-0.2, 0) is 16.1 Å². The zero-order valence-corrected chi connectivity index (χ0v) is 15.6. The van der Waals surface area contributed by atoms with Crippen LogP contribution in [0.1, 0.15) is 18.9 Å². The Balaban J connectivity index is 1.47. The maximum absolute atomic E-state index is 13.4. The minimum Gasteiger partial charge on any atom is -0.454 e. The summed E-state index contributed by atoms with van der Waals surface area (Å²) in [4.78, 5) is 28.8. The van der Waals surface area contributed by atoms with Gasteiger partial charge < -0.3 is 19.3 Å². The highest BCUT2D eigenvalue weighted by atomic mass is 19.1. The van der Waals surface area contributed by atoms with Crippen molar-refractivity contribution in [2.75, 3.05) is 24.8 Å². The van der Waals surface area contributed by atoms with E-state index in [0.29, 0.717) is 36.8 Å². The second kappa shape index (κ2) is 7.50. The van der Waals surface area contributed by atoms with E-state index < -0.39 is 5.92 Å². The lowest BCUT2D eigenvalue weighted by atomic mass is 10.1. The molecule has 1 atom stereocenters. The lowest BCUT2D eigenvalue weighted by Crippen LogP contribution is -2.37. The minimum absolute atomic E-state index is 0.0941. The van der Waals surface area contributed by atoms with E-state index in [1.807, 2.05) is 6.92 Å². The zero-order chi connectivity index (χ0) is 19.7. The fraction of sp³-hybridized carbons (Fsp3) is 0.333. The average molecular weight is 384 g/mol. The molecular weight excluding hydrogens is 363 g/mol. The molecule has 0 bridgehead atoms. The molecule has 2 aromatic carbocycles. The Morgan fingerprint density at radius 1 is 1.21 bits per heavy atom. The largest absolute Gasteiger partial charge is 0.454 e. The SMILES string of the molecule is CCN(Cc1cccc(F)c1)C(=O)[C@H]1CC(=O)N(c2ccc3c(c2)OCO3)C1. The molecule has 146 valence electrons. The number of fused-ring (bicyclic) bond motifs is 1. The molecule has 2 heterocycles. The van der Waals surface area contributed by atoms with Crippen molar-refractivity contribution >= 4 is 17.5 Å². The highest BCUT2D eigenvalue weighted by Gasteiger charge is 2.37. The molecule has 2 aliphatic rings. The van der Waals surface area contributed by atoms with Gasteiger partial charge in [0.1, 0.15) is 5.82 Å². The van der Waals surface area contributed by atoms with Crippen molar-refractivity contribution < 1.29 is 23.5 Å². The van der Waals surface area contributed by atoms with Crippen LogP contribution in [0.4, 0.5) is 10.1 Å². The Hall–Kier alpha value is -3.09. The molecule has 7 heteroatoms. The smallest absolute Gasteiger partial charge is 0.231 e. The highest BCUT2D eigenvalue weighted by molar-refractivity contribution is 6.00. The Morgan fingerprint density at radius 2 is 2.04 bits per heavy atom. The standard InChI is InChI=1S/C21H21FN2O4/c1-2-23(11-14-4-3-5-16(22)8-14)21(26)15-9-20(25)24(12-15)17-6-7-18-19(10-17)28-13-27-18/h3-8,10,15H,2,9,11-13H2,1H3/t15-/m0/s1. The van der Waals surface area contributed by atoms with Crippen molar-refractivity contribution in [3.05, 3.63) is 53.8 Å². The van der Waals surface area contributed by atoms with Crippen LogP contribution in [-0.4, -0.2) is 36.6 Å². The molecular formula is C21H21FN2O4. The topological polar surface area (TPSA) is 59.1 Å². The van der Waals surface area contributed by atoms with Gasteiger partial charge in [-0.3, -0.25) is 9.59 Å². The van der Waals surface area contributed by atoms with Crippen LogP contribution in [0.5, 0.6) is 11.5 Å². The van der Waals surface area contributed by atoms with E-state index in [-0.39, 0.29) is 30.8 Å². The van der Waals surface area contributed by atoms with Crippen LogP contribution >= 0.6 is 0 Å². The molecule has 6 nitrogen and oxygen atoms in total. The molecule has 28 heavy (non-hydrogen) atoms. The summed E-state index contributed by atoms with van der Waals surface area (Å²) in [6.07, 6.45) is 0.160. The monoisotopic (exact) mass is 384 g/mol. The van der Waals surface area contributed by atoms with Gasteiger partial charge in [0.15, 0.2) is 11.5 Å². The number of rotatable bonds is 5. The van der Waals surface area contributed by atoms with Gasteiger partial charge in [0, 0.05) is 37.8 Å². The molecule has 2 aromatic rings. The van der Waals surface area contributed by atoms with E-state index in [2.05, 4.69) is 0 Å². The Morgan fingerprint density at radius 3 is 2.82 bits per heavy atom. The third-order valence-electron chi connectivity index (χ3n) is 5.10. The number of hydrogen-bond acceptors (Lipinski definition) is 4. The summed E-state index contributed by atoms with van der Waals surface area (Å²) in [6, 6.07) is 11.5. The normalized spacial score (nSPS) is 17.9. The predicted octanol–water partition coefficient (Wildman–Crippen LogP) is 2.96. The van der Waals surface area contributed by atoms with Crippen molar-refractivity contribution in [1.29, 1.82) is 0 Å². The first kappa shape index (κ1) is 18.3. The van der Waals surface area contributed by atoms with Gasteiger partial charge in [-0.05, 0) is 36.8 Å². The van der Waals surface area contributed by atoms with E-state index in [9.17, 15) is 14.0 Å². The molecule has 0 unspecified atom stereocenters. The fourth-order valence-electron chi connectivity index (χ4n) is 3.64. The van der Waals surface area contributed by atoms with Crippen molar-refractivity contribution in [3.63, 3.8) is 0 Å². The van der Waals surface area contributed by atoms with Gasteiger partial charge in [-0.2, -0.15) is 0 Å². The van der Waals surface area contributed by atoms with Crippen LogP contribution in [0.2, 0.25) is 0 Å². The molecule has 0 spiro atoms. The van der Waals surface area contributed by atoms with E-state index in [1.54, 1.807) is 40.1 Å². The van der Waals surface area contributed by atoms with E-state index in [4.69, 9.17) is 9.47 Å². The van der Waals surface area contributed by atoms with Crippen molar-refractivity contribution in [1.82, 2.24) is 4.90 Å². The Labute approximate surface area is 162 Å². The first-order valence-electron chi connectivity index (χ1n) is 9.28. The summed E-state index contributed by atoms with van der Waals surface area (Å²) < 4.78 is 24.1.